The van der Waals surface area contributed by atoms with Crippen LogP contribution in [0, 0.1) is 5.92 Å². The minimum absolute atomic E-state index is 0.107. The zero-order valence-electron chi connectivity index (χ0n) is 11.0. The van der Waals surface area contributed by atoms with Gasteiger partial charge in [0.15, 0.2) is 0 Å². The highest BCUT2D eigenvalue weighted by Gasteiger charge is 2.24. The number of aliphatic hydroxyl groups excluding tert-OH is 1. The number of carbonyl (C=O) groups is 1. The number of likely N-dealkylation sites (tertiary alicyclic amines) is 1. The second kappa shape index (κ2) is 7.66. The van der Waals surface area contributed by atoms with Crippen LogP contribution in [0.25, 0.3) is 0 Å². The number of aliphatic hydroxyl groups is 1. The summed E-state index contributed by atoms with van der Waals surface area (Å²) < 4.78 is 0. The second-order valence-electron chi connectivity index (χ2n) is 4.93. The number of likely N-dealkylation sites (N-methyl/N-ethyl adjacent to an activating group) is 1. The normalized spacial score (nSPS) is 20.0. The number of nitrogens with two attached hydrogens (primary N) is 1. The lowest BCUT2D eigenvalue weighted by Gasteiger charge is -2.21. The Morgan fingerprint density at radius 3 is 2.94 bits per heavy atom. The molecule has 1 amide bonds. The molecule has 0 radical (unpaired) electrons. The summed E-state index contributed by atoms with van der Waals surface area (Å²) in [7, 11) is 1.78. The molecule has 1 atom stereocenters. The predicted octanol–water partition coefficient (Wildman–Crippen LogP) is -0.175. The molecule has 0 aromatic heterocycles. The van der Waals surface area contributed by atoms with Crippen LogP contribution < -0.4 is 5.73 Å². The fraction of sp³-hybridized carbons (Fsp3) is 0.833. The molecule has 0 aliphatic carbocycles. The van der Waals surface area contributed by atoms with Crippen LogP contribution in [-0.2, 0) is 4.79 Å². The van der Waals surface area contributed by atoms with Gasteiger partial charge >= 0.3 is 0 Å². The number of nitrogens with zero attached hydrogens (tertiary/aromatic N) is 2. The minimum Gasteiger partial charge on any atom is -0.396 e. The molecular weight excluding hydrogens is 250 g/mol. The number of amides is 1. The fourth-order valence-corrected chi connectivity index (χ4v) is 2.28. The lowest BCUT2D eigenvalue weighted by Crippen LogP contribution is -2.38. The van der Waals surface area contributed by atoms with Gasteiger partial charge in [-0.1, -0.05) is 12.2 Å². The van der Waals surface area contributed by atoms with Crippen molar-refractivity contribution in [2.75, 3.05) is 39.8 Å². The van der Waals surface area contributed by atoms with Crippen molar-refractivity contribution >= 4 is 23.1 Å². The van der Waals surface area contributed by atoms with Gasteiger partial charge in [0.2, 0.25) is 5.91 Å². The molecule has 1 saturated heterocycles. The van der Waals surface area contributed by atoms with Crippen LogP contribution in [0.4, 0.5) is 0 Å². The van der Waals surface area contributed by atoms with Crippen molar-refractivity contribution in [3.8, 4) is 0 Å². The monoisotopic (exact) mass is 273 g/mol. The van der Waals surface area contributed by atoms with Gasteiger partial charge in [-0.2, -0.15) is 0 Å². The first-order valence-corrected chi connectivity index (χ1v) is 6.79. The molecule has 18 heavy (non-hydrogen) atoms. The molecule has 1 aliphatic rings. The number of rotatable bonds is 7. The molecule has 3 N–H and O–H groups in total. The summed E-state index contributed by atoms with van der Waals surface area (Å²) in [5, 5.41) is 8.89. The number of thiocarbonyl (C=S) groups is 1. The maximum absolute atomic E-state index is 11.9. The Morgan fingerprint density at radius 1 is 1.61 bits per heavy atom. The average Bonchev–Trinajstić information content (AvgIpc) is 2.73. The van der Waals surface area contributed by atoms with Gasteiger partial charge in [0, 0.05) is 33.2 Å². The van der Waals surface area contributed by atoms with E-state index in [2.05, 4.69) is 4.90 Å². The standard InChI is InChI=1S/C12H23N3O2S/c1-14(5-3-11(13)18)12(17)9-15-6-2-10(8-15)4-7-16/h10,16H,2-9H2,1H3,(H2,13,18). The van der Waals surface area contributed by atoms with Crippen molar-refractivity contribution < 1.29 is 9.90 Å². The first-order valence-electron chi connectivity index (χ1n) is 6.38. The Labute approximate surface area is 114 Å². The Kier molecular flexibility index (Phi) is 6.52. The van der Waals surface area contributed by atoms with E-state index in [-0.39, 0.29) is 12.5 Å². The van der Waals surface area contributed by atoms with E-state index in [4.69, 9.17) is 23.1 Å². The van der Waals surface area contributed by atoms with Gasteiger partial charge in [-0.3, -0.25) is 9.69 Å². The Hall–Kier alpha value is -0.720. The predicted molar refractivity (Wildman–Crippen MR) is 75.3 cm³/mol. The third kappa shape index (κ3) is 5.29. The highest BCUT2D eigenvalue weighted by atomic mass is 32.1. The van der Waals surface area contributed by atoms with Crippen molar-refractivity contribution in [1.82, 2.24) is 9.80 Å². The van der Waals surface area contributed by atoms with Crippen LogP contribution in [0.1, 0.15) is 19.3 Å². The van der Waals surface area contributed by atoms with Gasteiger partial charge in [0.05, 0.1) is 11.5 Å². The van der Waals surface area contributed by atoms with Crippen molar-refractivity contribution in [3.63, 3.8) is 0 Å². The molecule has 104 valence electrons. The first-order chi connectivity index (χ1) is 8.52. The summed E-state index contributed by atoms with van der Waals surface area (Å²) in [5.41, 5.74) is 5.42. The van der Waals surface area contributed by atoms with E-state index in [1.165, 1.54) is 0 Å². The van der Waals surface area contributed by atoms with Crippen molar-refractivity contribution in [3.05, 3.63) is 0 Å². The molecule has 0 bridgehead atoms. The molecular formula is C12H23N3O2S. The van der Waals surface area contributed by atoms with Gasteiger partial charge in [-0.25, -0.2) is 0 Å². The van der Waals surface area contributed by atoms with Crippen LogP contribution in [0.3, 0.4) is 0 Å². The fourth-order valence-electron chi connectivity index (χ4n) is 2.19. The van der Waals surface area contributed by atoms with E-state index in [1.807, 2.05) is 0 Å². The zero-order chi connectivity index (χ0) is 13.5. The zero-order valence-corrected chi connectivity index (χ0v) is 11.8. The van der Waals surface area contributed by atoms with Crippen molar-refractivity contribution in [1.29, 1.82) is 0 Å². The molecule has 1 heterocycles. The molecule has 0 aromatic rings. The molecule has 0 spiro atoms. The summed E-state index contributed by atoms with van der Waals surface area (Å²) >= 11 is 4.79. The molecule has 1 fully saturated rings. The Morgan fingerprint density at radius 2 is 2.33 bits per heavy atom. The maximum Gasteiger partial charge on any atom is 0.236 e. The van der Waals surface area contributed by atoms with E-state index in [9.17, 15) is 4.79 Å². The average molecular weight is 273 g/mol. The topological polar surface area (TPSA) is 69.8 Å². The van der Waals surface area contributed by atoms with Crippen LogP contribution >= 0.6 is 12.2 Å². The van der Waals surface area contributed by atoms with E-state index in [0.29, 0.717) is 30.4 Å². The molecule has 6 heteroatoms. The third-order valence-corrected chi connectivity index (χ3v) is 3.59. The largest absolute Gasteiger partial charge is 0.396 e. The molecule has 0 saturated carbocycles. The van der Waals surface area contributed by atoms with Crippen LogP contribution in [0.5, 0.6) is 0 Å². The number of hydrogen-bond acceptors (Lipinski definition) is 4. The highest BCUT2D eigenvalue weighted by Crippen LogP contribution is 2.18. The van der Waals surface area contributed by atoms with Crippen LogP contribution in [-0.4, -0.2) is 65.6 Å². The molecule has 1 aliphatic heterocycles. The van der Waals surface area contributed by atoms with Gasteiger partial charge < -0.3 is 15.7 Å². The van der Waals surface area contributed by atoms with E-state index in [1.54, 1.807) is 11.9 Å². The van der Waals surface area contributed by atoms with Crippen LogP contribution in [0.15, 0.2) is 0 Å². The summed E-state index contributed by atoms with van der Waals surface area (Å²) in [6, 6.07) is 0. The van der Waals surface area contributed by atoms with Crippen LogP contribution in [0.2, 0.25) is 0 Å². The highest BCUT2D eigenvalue weighted by molar-refractivity contribution is 7.80. The maximum atomic E-state index is 11.9. The van der Waals surface area contributed by atoms with E-state index < -0.39 is 0 Å². The van der Waals surface area contributed by atoms with Gasteiger partial charge in [0.25, 0.3) is 0 Å². The molecule has 1 rings (SSSR count). The molecule has 5 nitrogen and oxygen atoms in total. The van der Waals surface area contributed by atoms with Crippen molar-refractivity contribution in [2.24, 2.45) is 11.7 Å². The SMILES string of the molecule is CN(CCC(N)=S)C(=O)CN1CCC(CCO)C1. The van der Waals surface area contributed by atoms with E-state index >= 15 is 0 Å². The summed E-state index contributed by atoms with van der Waals surface area (Å²) in [6.45, 7) is 3.13. The van der Waals surface area contributed by atoms with Crippen molar-refractivity contribution in [2.45, 2.75) is 19.3 Å². The lowest BCUT2D eigenvalue weighted by atomic mass is 10.1. The minimum atomic E-state index is 0.107. The quantitative estimate of drug-likeness (QED) is 0.630. The summed E-state index contributed by atoms with van der Waals surface area (Å²) in [4.78, 5) is 16.2. The Bertz CT molecular complexity index is 299. The van der Waals surface area contributed by atoms with Gasteiger partial charge in [-0.05, 0) is 25.3 Å². The smallest absolute Gasteiger partial charge is 0.236 e. The number of carbonyl (C=O) groups excluding carboxylic acids is 1. The number of hydrogen-bond donors (Lipinski definition) is 2. The lowest BCUT2D eigenvalue weighted by molar-refractivity contribution is -0.130. The summed E-state index contributed by atoms with van der Waals surface area (Å²) in [6.07, 6.45) is 2.48. The second-order valence-corrected chi connectivity index (χ2v) is 5.46. The molecule has 0 aromatic carbocycles. The van der Waals surface area contributed by atoms with Gasteiger partial charge in [0.1, 0.15) is 0 Å². The summed E-state index contributed by atoms with van der Waals surface area (Å²) in [5.74, 6) is 0.639. The Balaban J connectivity index is 2.25. The first kappa shape index (κ1) is 15.3. The van der Waals surface area contributed by atoms with Gasteiger partial charge in [-0.15, -0.1) is 0 Å². The third-order valence-electron chi connectivity index (χ3n) is 3.39. The van der Waals surface area contributed by atoms with E-state index in [0.717, 1.165) is 25.9 Å². The molecule has 1 unspecified atom stereocenters.